The van der Waals surface area contributed by atoms with Crippen LogP contribution in [0, 0.1) is 5.92 Å². The SMILES string of the molecule is CCCCCCCCCCCCCC(=O)N[C@@H](CCC(=O)O)C(=O)N[C@@H](Cc1c[nH]c2ccccc12)C(=O)N[C@@H](CC(C)C)C(N)=O. The normalized spacial score (nSPS) is 13.2. The number of nitrogens with one attached hydrogen (secondary N) is 4. The Morgan fingerprint density at radius 2 is 1.34 bits per heavy atom. The number of benzene rings is 1. The van der Waals surface area contributed by atoms with Crippen molar-refractivity contribution in [1.82, 2.24) is 20.9 Å². The number of carbonyl (C=O) groups is 5. The van der Waals surface area contributed by atoms with E-state index >= 15 is 0 Å². The molecule has 0 radical (unpaired) electrons. The molecule has 2 rings (SSSR count). The average Bonchev–Trinajstić information content (AvgIpc) is 3.43. The minimum Gasteiger partial charge on any atom is -0.481 e. The maximum Gasteiger partial charge on any atom is 0.303 e. The van der Waals surface area contributed by atoms with Gasteiger partial charge in [0.1, 0.15) is 18.1 Å². The van der Waals surface area contributed by atoms with Gasteiger partial charge >= 0.3 is 5.97 Å². The Hall–Kier alpha value is -3.89. The Labute approximate surface area is 279 Å². The second-order valence-electron chi connectivity index (χ2n) is 13.1. The van der Waals surface area contributed by atoms with Crippen molar-refractivity contribution in [1.29, 1.82) is 0 Å². The molecule has 1 aromatic carbocycles. The van der Waals surface area contributed by atoms with Crippen molar-refractivity contribution in [2.75, 3.05) is 0 Å². The van der Waals surface area contributed by atoms with Gasteiger partial charge in [0.25, 0.3) is 0 Å². The van der Waals surface area contributed by atoms with Crippen LogP contribution in [0.25, 0.3) is 10.9 Å². The molecule has 0 saturated carbocycles. The standard InChI is InChI=1S/C36H57N5O6/c1-4-5-6-7-8-9-10-11-12-13-14-19-32(42)39-29(20-21-33(43)44)35(46)41-31(36(47)40-30(34(37)45)22-25(2)3)23-26-24-38-28-18-16-15-17-27(26)28/h15-18,24-25,29-31,38H,4-14,19-23H2,1-3H3,(H2,37,45)(H,39,42)(H,40,47)(H,41,46)(H,43,44)/t29-,30-,31-/m0/s1. The summed E-state index contributed by atoms with van der Waals surface area (Å²) in [7, 11) is 0. The molecule has 11 nitrogen and oxygen atoms in total. The number of carbonyl (C=O) groups excluding carboxylic acids is 4. The van der Waals surface area contributed by atoms with Gasteiger partial charge in [0.15, 0.2) is 0 Å². The number of aromatic nitrogens is 1. The fourth-order valence-electron chi connectivity index (χ4n) is 5.74. The lowest BCUT2D eigenvalue weighted by molar-refractivity contribution is -0.138. The minimum absolute atomic E-state index is 0.0744. The molecule has 0 bridgehead atoms. The lowest BCUT2D eigenvalue weighted by Crippen LogP contribution is -2.57. The van der Waals surface area contributed by atoms with Crippen LogP contribution in [0.4, 0.5) is 0 Å². The first-order valence-electron chi connectivity index (χ1n) is 17.5. The molecule has 47 heavy (non-hydrogen) atoms. The first-order chi connectivity index (χ1) is 22.5. The van der Waals surface area contributed by atoms with Crippen molar-refractivity contribution in [3.05, 3.63) is 36.0 Å². The van der Waals surface area contributed by atoms with Crippen LogP contribution in [0.2, 0.25) is 0 Å². The van der Waals surface area contributed by atoms with Crippen molar-refractivity contribution in [3.63, 3.8) is 0 Å². The number of aromatic amines is 1. The van der Waals surface area contributed by atoms with Crippen LogP contribution in [0.3, 0.4) is 0 Å². The Morgan fingerprint density at radius 3 is 1.94 bits per heavy atom. The lowest BCUT2D eigenvalue weighted by Gasteiger charge is -2.25. The third-order valence-electron chi connectivity index (χ3n) is 8.40. The molecular weight excluding hydrogens is 598 g/mol. The predicted molar refractivity (Wildman–Crippen MR) is 184 cm³/mol. The molecule has 7 N–H and O–H groups in total. The fourth-order valence-corrected chi connectivity index (χ4v) is 5.74. The summed E-state index contributed by atoms with van der Waals surface area (Å²) in [6, 6.07) is 4.34. The maximum atomic E-state index is 13.6. The molecule has 2 aromatic rings. The number of fused-ring (bicyclic) bond motifs is 1. The van der Waals surface area contributed by atoms with Crippen LogP contribution in [-0.4, -0.2) is 57.8 Å². The molecule has 0 fully saturated rings. The van der Waals surface area contributed by atoms with Gasteiger partial charge in [-0.1, -0.05) is 103 Å². The second kappa shape index (κ2) is 21.8. The largest absolute Gasteiger partial charge is 0.481 e. The summed E-state index contributed by atoms with van der Waals surface area (Å²) in [5.74, 6) is -3.32. The number of unbranched alkanes of at least 4 members (excludes halogenated alkanes) is 10. The first kappa shape index (κ1) is 39.3. The number of amides is 4. The molecule has 0 aliphatic rings. The number of para-hydroxylation sites is 1. The van der Waals surface area contributed by atoms with E-state index in [1.54, 1.807) is 6.20 Å². The molecule has 0 aliphatic carbocycles. The summed E-state index contributed by atoms with van der Waals surface area (Å²) in [6.07, 6.45) is 14.5. The Morgan fingerprint density at radius 1 is 0.766 bits per heavy atom. The van der Waals surface area contributed by atoms with E-state index in [1.165, 1.54) is 44.9 Å². The zero-order valence-electron chi connectivity index (χ0n) is 28.6. The van der Waals surface area contributed by atoms with E-state index < -0.39 is 41.8 Å². The summed E-state index contributed by atoms with van der Waals surface area (Å²) in [5, 5.41) is 18.3. The van der Waals surface area contributed by atoms with Crippen molar-refractivity contribution in [2.45, 2.75) is 142 Å². The Kier molecular flexibility index (Phi) is 18.2. The molecule has 0 unspecified atom stereocenters. The molecule has 1 aromatic heterocycles. The molecule has 0 spiro atoms. The first-order valence-corrected chi connectivity index (χ1v) is 17.5. The highest BCUT2D eigenvalue weighted by molar-refractivity contribution is 5.95. The van der Waals surface area contributed by atoms with Gasteiger partial charge in [-0.15, -0.1) is 0 Å². The summed E-state index contributed by atoms with van der Waals surface area (Å²) < 4.78 is 0. The van der Waals surface area contributed by atoms with Gasteiger partial charge in [0.05, 0.1) is 0 Å². The van der Waals surface area contributed by atoms with Crippen LogP contribution >= 0.6 is 0 Å². The van der Waals surface area contributed by atoms with Crippen LogP contribution in [0.1, 0.15) is 123 Å². The smallest absolute Gasteiger partial charge is 0.303 e. The highest BCUT2D eigenvalue weighted by atomic mass is 16.4. The Balaban J connectivity index is 2.04. The number of nitrogens with two attached hydrogens (primary N) is 1. The van der Waals surface area contributed by atoms with E-state index in [0.717, 1.165) is 35.7 Å². The molecule has 4 amide bonds. The van der Waals surface area contributed by atoms with Crippen molar-refractivity contribution >= 4 is 40.5 Å². The van der Waals surface area contributed by atoms with Gasteiger partial charge < -0.3 is 31.8 Å². The topological polar surface area (TPSA) is 183 Å². The number of aliphatic carboxylic acids is 1. The number of primary amides is 1. The maximum absolute atomic E-state index is 13.6. The van der Waals surface area contributed by atoms with Gasteiger partial charge in [-0.05, 0) is 36.8 Å². The molecule has 11 heteroatoms. The molecule has 1 heterocycles. The van der Waals surface area contributed by atoms with Crippen molar-refractivity contribution in [3.8, 4) is 0 Å². The van der Waals surface area contributed by atoms with Crippen molar-refractivity contribution in [2.24, 2.45) is 11.7 Å². The van der Waals surface area contributed by atoms with Gasteiger partial charge in [-0.25, -0.2) is 0 Å². The van der Waals surface area contributed by atoms with E-state index in [2.05, 4.69) is 27.9 Å². The number of hydrogen-bond acceptors (Lipinski definition) is 5. The number of H-pyrrole nitrogens is 1. The van der Waals surface area contributed by atoms with Gasteiger partial charge in [-0.2, -0.15) is 0 Å². The van der Waals surface area contributed by atoms with Gasteiger partial charge in [0, 0.05) is 36.4 Å². The number of carboxylic acid groups (broad SMARTS) is 1. The highest BCUT2D eigenvalue weighted by Crippen LogP contribution is 2.20. The minimum atomic E-state index is -1.15. The summed E-state index contributed by atoms with van der Waals surface area (Å²) in [4.78, 5) is 66.6. The van der Waals surface area contributed by atoms with Crippen LogP contribution in [0.5, 0.6) is 0 Å². The fraction of sp³-hybridized carbons (Fsp3) is 0.639. The van der Waals surface area contributed by atoms with E-state index in [4.69, 9.17) is 5.73 Å². The van der Waals surface area contributed by atoms with Crippen LogP contribution < -0.4 is 21.7 Å². The number of carboxylic acids is 1. The zero-order valence-corrected chi connectivity index (χ0v) is 28.6. The van der Waals surface area contributed by atoms with E-state index in [9.17, 15) is 29.1 Å². The zero-order chi connectivity index (χ0) is 34.6. The number of rotatable bonds is 25. The number of hydrogen-bond donors (Lipinski definition) is 6. The summed E-state index contributed by atoms with van der Waals surface area (Å²) in [6.45, 7) is 6.02. The van der Waals surface area contributed by atoms with Crippen molar-refractivity contribution < 1.29 is 29.1 Å². The molecule has 262 valence electrons. The quantitative estimate of drug-likeness (QED) is 0.0793. The van der Waals surface area contributed by atoms with Gasteiger partial charge in [0.2, 0.25) is 23.6 Å². The lowest BCUT2D eigenvalue weighted by atomic mass is 10.0. The van der Waals surface area contributed by atoms with E-state index in [-0.39, 0.29) is 37.5 Å². The third-order valence-corrected chi connectivity index (χ3v) is 8.40. The van der Waals surface area contributed by atoms with E-state index in [0.29, 0.717) is 12.8 Å². The molecular formula is C36H57N5O6. The summed E-state index contributed by atoms with van der Waals surface area (Å²) in [5.41, 5.74) is 7.19. The molecule has 0 saturated heterocycles. The third kappa shape index (κ3) is 15.5. The predicted octanol–water partition coefficient (Wildman–Crippen LogP) is 5.26. The monoisotopic (exact) mass is 655 g/mol. The second-order valence-corrected chi connectivity index (χ2v) is 13.1. The summed E-state index contributed by atoms with van der Waals surface area (Å²) >= 11 is 0. The molecule has 0 aliphatic heterocycles. The molecule has 3 atom stereocenters. The average molecular weight is 656 g/mol. The van der Waals surface area contributed by atoms with Crippen LogP contribution in [0.15, 0.2) is 30.5 Å². The van der Waals surface area contributed by atoms with Gasteiger partial charge in [-0.3, -0.25) is 24.0 Å². The van der Waals surface area contributed by atoms with E-state index in [1.807, 2.05) is 38.1 Å². The van der Waals surface area contributed by atoms with Crippen LogP contribution in [-0.2, 0) is 30.4 Å². The highest BCUT2D eigenvalue weighted by Gasteiger charge is 2.30. The Bertz CT molecular complexity index is 1280.